The molecule has 0 bridgehead atoms. The fraction of sp³-hybridized carbons (Fsp3) is 0.571. The van der Waals surface area contributed by atoms with Gasteiger partial charge in [-0.05, 0) is 32.4 Å². The summed E-state index contributed by atoms with van der Waals surface area (Å²) in [6.45, 7) is 4.47. The number of nitrogens with zero attached hydrogens (tertiary/aromatic N) is 5. The summed E-state index contributed by atoms with van der Waals surface area (Å²) >= 11 is 0. The lowest BCUT2D eigenvalue weighted by Gasteiger charge is -2.22. The molecule has 1 aliphatic heterocycles. The van der Waals surface area contributed by atoms with E-state index in [1.807, 2.05) is 19.2 Å². The standard InChI is InChI=1S/C14H21N7O.2ClH/c1-11(9-20-7-3-6-17-20)18-14(22)13-16-10-21(19-13)12-4-2-5-15-8-12;;/h3,6-7,10-12,15H,2,4-5,8-9H2,1H3,(H,18,22);2*1H. The van der Waals surface area contributed by atoms with E-state index in [-0.39, 0.29) is 48.6 Å². The predicted octanol–water partition coefficient (Wildman–Crippen LogP) is 1.06. The van der Waals surface area contributed by atoms with Gasteiger partial charge in [-0.1, -0.05) is 0 Å². The Morgan fingerprint density at radius 1 is 1.50 bits per heavy atom. The number of halogens is 2. The van der Waals surface area contributed by atoms with E-state index in [2.05, 4.69) is 25.8 Å². The number of piperidine rings is 1. The zero-order valence-electron chi connectivity index (χ0n) is 13.5. The SMILES string of the molecule is CC(Cn1cccn1)NC(=O)c1ncn(C2CCCNC2)n1.Cl.Cl. The number of rotatable bonds is 5. The summed E-state index contributed by atoms with van der Waals surface area (Å²) in [5, 5.41) is 14.7. The summed E-state index contributed by atoms with van der Waals surface area (Å²) in [5.74, 6) is -0.0277. The van der Waals surface area contributed by atoms with E-state index in [4.69, 9.17) is 0 Å². The minimum Gasteiger partial charge on any atom is -0.345 e. The Morgan fingerprint density at radius 3 is 3.00 bits per heavy atom. The number of hydrogen-bond donors (Lipinski definition) is 2. The van der Waals surface area contributed by atoms with Crippen LogP contribution in [0.5, 0.6) is 0 Å². The van der Waals surface area contributed by atoms with Crippen LogP contribution < -0.4 is 10.6 Å². The topological polar surface area (TPSA) is 89.7 Å². The van der Waals surface area contributed by atoms with Gasteiger partial charge in [0.1, 0.15) is 6.33 Å². The van der Waals surface area contributed by atoms with Crippen LogP contribution in [-0.2, 0) is 6.54 Å². The average Bonchev–Trinajstić information content (AvgIpc) is 3.19. The molecule has 24 heavy (non-hydrogen) atoms. The molecule has 10 heteroatoms. The van der Waals surface area contributed by atoms with Crippen LogP contribution in [0.1, 0.15) is 36.4 Å². The third kappa shape index (κ3) is 5.19. The second-order valence-corrected chi connectivity index (χ2v) is 5.65. The maximum atomic E-state index is 12.2. The van der Waals surface area contributed by atoms with Gasteiger partial charge in [0.05, 0.1) is 12.6 Å². The average molecular weight is 376 g/mol. The molecule has 3 heterocycles. The maximum Gasteiger partial charge on any atom is 0.291 e. The van der Waals surface area contributed by atoms with Crippen LogP contribution >= 0.6 is 24.8 Å². The molecule has 2 N–H and O–H groups in total. The van der Waals surface area contributed by atoms with E-state index < -0.39 is 0 Å². The van der Waals surface area contributed by atoms with E-state index in [9.17, 15) is 4.79 Å². The summed E-state index contributed by atoms with van der Waals surface area (Å²) in [7, 11) is 0. The molecule has 2 atom stereocenters. The summed E-state index contributed by atoms with van der Waals surface area (Å²) in [6, 6.07) is 2.09. The van der Waals surface area contributed by atoms with Crippen LogP contribution in [0, 0.1) is 0 Å². The molecular formula is C14H23Cl2N7O. The number of carbonyl (C=O) groups is 1. The molecule has 0 saturated carbocycles. The molecule has 3 rings (SSSR count). The van der Waals surface area contributed by atoms with Gasteiger partial charge in [-0.2, -0.15) is 5.10 Å². The zero-order valence-corrected chi connectivity index (χ0v) is 15.1. The highest BCUT2D eigenvalue weighted by molar-refractivity contribution is 5.90. The largest absolute Gasteiger partial charge is 0.345 e. The summed E-state index contributed by atoms with van der Waals surface area (Å²) in [4.78, 5) is 16.3. The molecule has 1 amide bonds. The Kier molecular flexibility index (Phi) is 8.17. The zero-order chi connectivity index (χ0) is 15.4. The van der Waals surface area contributed by atoms with Crippen LogP contribution in [0.2, 0.25) is 0 Å². The van der Waals surface area contributed by atoms with Gasteiger partial charge in [-0.15, -0.1) is 29.9 Å². The maximum absolute atomic E-state index is 12.2. The lowest BCUT2D eigenvalue weighted by molar-refractivity contribution is 0.0924. The summed E-state index contributed by atoms with van der Waals surface area (Å²) in [6.07, 6.45) is 7.41. The third-order valence-corrected chi connectivity index (χ3v) is 3.75. The van der Waals surface area contributed by atoms with Crippen molar-refractivity contribution in [3.05, 3.63) is 30.6 Å². The summed E-state index contributed by atoms with van der Waals surface area (Å²) in [5.41, 5.74) is 0. The second kappa shape index (κ2) is 9.61. The van der Waals surface area contributed by atoms with Crippen LogP contribution in [0.3, 0.4) is 0 Å². The first-order valence-electron chi connectivity index (χ1n) is 7.62. The molecular weight excluding hydrogens is 353 g/mol. The third-order valence-electron chi connectivity index (χ3n) is 3.75. The minimum atomic E-state index is -0.248. The molecule has 0 aromatic carbocycles. The first-order chi connectivity index (χ1) is 10.7. The van der Waals surface area contributed by atoms with E-state index in [0.717, 1.165) is 25.9 Å². The lowest BCUT2D eigenvalue weighted by atomic mass is 10.1. The molecule has 0 spiro atoms. The fourth-order valence-electron chi connectivity index (χ4n) is 2.64. The normalized spacial score (nSPS) is 18.1. The van der Waals surface area contributed by atoms with Gasteiger partial charge in [0.15, 0.2) is 0 Å². The van der Waals surface area contributed by atoms with Crippen molar-refractivity contribution in [2.75, 3.05) is 13.1 Å². The molecule has 2 aromatic rings. The van der Waals surface area contributed by atoms with Crippen molar-refractivity contribution in [2.45, 2.75) is 38.4 Å². The fourth-order valence-corrected chi connectivity index (χ4v) is 2.64. The number of amides is 1. The quantitative estimate of drug-likeness (QED) is 0.815. The highest BCUT2D eigenvalue weighted by atomic mass is 35.5. The van der Waals surface area contributed by atoms with Gasteiger partial charge in [-0.3, -0.25) is 9.48 Å². The van der Waals surface area contributed by atoms with Crippen molar-refractivity contribution in [1.82, 2.24) is 35.2 Å². The first-order valence-corrected chi connectivity index (χ1v) is 7.62. The Balaban J connectivity index is 0.00000144. The molecule has 2 unspecified atom stereocenters. The van der Waals surface area contributed by atoms with Crippen molar-refractivity contribution < 1.29 is 4.79 Å². The van der Waals surface area contributed by atoms with Crippen molar-refractivity contribution in [2.24, 2.45) is 0 Å². The summed E-state index contributed by atoms with van der Waals surface area (Å²) < 4.78 is 3.57. The van der Waals surface area contributed by atoms with E-state index in [0.29, 0.717) is 6.54 Å². The second-order valence-electron chi connectivity index (χ2n) is 5.65. The van der Waals surface area contributed by atoms with Crippen molar-refractivity contribution in [3.63, 3.8) is 0 Å². The van der Waals surface area contributed by atoms with Gasteiger partial charge in [0, 0.05) is 25.0 Å². The highest BCUT2D eigenvalue weighted by Crippen LogP contribution is 2.14. The predicted molar refractivity (Wildman–Crippen MR) is 94.8 cm³/mol. The van der Waals surface area contributed by atoms with Gasteiger partial charge < -0.3 is 10.6 Å². The molecule has 0 aliphatic carbocycles. The highest BCUT2D eigenvalue weighted by Gasteiger charge is 2.19. The van der Waals surface area contributed by atoms with Crippen LogP contribution in [0.4, 0.5) is 0 Å². The number of hydrogen-bond acceptors (Lipinski definition) is 5. The Hall–Kier alpha value is -1.64. The monoisotopic (exact) mass is 375 g/mol. The smallest absolute Gasteiger partial charge is 0.291 e. The van der Waals surface area contributed by atoms with Crippen LogP contribution in [0.15, 0.2) is 24.8 Å². The van der Waals surface area contributed by atoms with E-state index in [1.165, 1.54) is 0 Å². The Morgan fingerprint density at radius 2 is 2.33 bits per heavy atom. The van der Waals surface area contributed by atoms with Crippen molar-refractivity contribution in [1.29, 1.82) is 0 Å². The Bertz CT molecular complexity index is 610. The molecule has 1 saturated heterocycles. The van der Waals surface area contributed by atoms with Crippen LogP contribution in [0.25, 0.3) is 0 Å². The molecule has 1 fully saturated rings. The molecule has 1 aliphatic rings. The van der Waals surface area contributed by atoms with Gasteiger partial charge in [-0.25, -0.2) is 9.67 Å². The molecule has 2 aromatic heterocycles. The number of nitrogens with one attached hydrogen (secondary N) is 2. The first kappa shape index (κ1) is 20.4. The van der Waals surface area contributed by atoms with Crippen LogP contribution in [-0.4, -0.2) is 49.6 Å². The van der Waals surface area contributed by atoms with Gasteiger partial charge >= 0.3 is 0 Å². The van der Waals surface area contributed by atoms with E-state index >= 15 is 0 Å². The van der Waals surface area contributed by atoms with Crippen molar-refractivity contribution >= 4 is 30.7 Å². The Labute approximate surface area is 153 Å². The van der Waals surface area contributed by atoms with Gasteiger partial charge in [0.25, 0.3) is 5.91 Å². The number of carbonyl (C=O) groups excluding carboxylic acids is 1. The molecule has 8 nitrogen and oxygen atoms in total. The number of aromatic nitrogens is 5. The van der Waals surface area contributed by atoms with Gasteiger partial charge in [0.2, 0.25) is 5.82 Å². The van der Waals surface area contributed by atoms with E-state index in [1.54, 1.807) is 21.9 Å². The molecule has 0 radical (unpaired) electrons. The molecule has 134 valence electrons. The van der Waals surface area contributed by atoms with Crippen molar-refractivity contribution in [3.8, 4) is 0 Å². The minimum absolute atomic E-state index is 0. The lowest BCUT2D eigenvalue weighted by Crippen LogP contribution is -2.36.